The molecule has 3 rings (SSSR count). The lowest BCUT2D eigenvalue weighted by atomic mass is 10.1. The van der Waals surface area contributed by atoms with Crippen molar-refractivity contribution >= 4 is 30.0 Å². The number of benzene rings is 2. The van der Waals surface area contributed by atoms with Crippen molar-refractivity contribution in [2.24, 2.45) is 5.10 Å². The fourth-order valence-corrected chi connectivity index (χ4v) is 2.78. The average molecular weight is 373 g/mol. The summed E-state index contributed by atoms with van der Waals surface area (Å²) in [5.41, 5.74) is 2.94. The SMILES string of the molecule is Cc1cccc(C)c1OCc1n[nH]c(=S)n1/N=C\c1ccccc1Cl. The van der Waals surface area contributed by atoms with Crippen LogP contribution in [-0.4, -0.2) is 21.1 Å². The van der Waals surface area contributed by atoms with Gasteiger partial charge >= 0.3 is 0 Å². The van der Waals surface area contributed by atoms with Crippen LogP contribution in [0, 0.1) is 18.6 Å². The Morgan fingerprint density at radius 3 is 2.64 bits per heavy atom. The second kappa shape index (κ2) is 7.63. The van der Waals surface area contributed by atoms with Crippen LogP contribution in [0.1, 0.15) is 22.5 Å². The lowest BCUT2D eigenvalue weighted by Crippen LogP contribution is -2.05. The van der Waals surface area contributed by atoms with E-state index in [0.717, 1.165) is 22.4 Å². The highest BCUT2D eigenvalue weighted by atomic mass is 35.5. The van der Waals surface area contributed by atoms with Gasteiger partial charge in [0.1, 0.15) is 12.4 Å². The summed E-state index contributed by atoms with van der Waals surface area (Å²) in [5.74, 6) is 1.43. The predicted molar refractivity (Wildman–Crippen MR) is 102 cm³/mol. The Morgan fingerprint density at radius 1 is 1.20 bits per heavy atom. The van der Waals surface area contributed by atoms with E-state index in [0.29, 0.717) is 15.6 Å². The largest absolute Gasteiger partial charge is 0.485 e. The van der Waals surface area contributed by atoms with Crippen molar-refractivity contribution in [3.8, 4) is 5.75 Å². The third-order valence-corrected chi connectivity index (χ3v) is 4.30. The molecule has 0 unspecified atom stereocenters. The first-order valence-electron chi connectivity index (χ1n) is 7.70. The second-order valence-electron chi connectivity index (χ2n) is 5.53. The topological polar surface area (TPSA) is 55.2 Å². The fourth-order valence-electron chi connectivity index (χ4n) is 2.40. The number of nitrogens with one attached hydrogen (secondary N) is 1. The molecule has 128 valence electrons. The van der Waals surface area contributed by atoms with Gasteiger partial charge in [-0.2, -0.15) is 14.9 Å². The number of para-hydroxylation sites is 1. The van der Waals surface area contributed by atoms with E-state index < -0.39 is 0 Å². The number of hydrogen-bond donors (Lipinski definition) is 1. The van der Waals surface area contributed by atoms with E-state index in [2.05, 4.69) is 15.3 Å². The van der Waals surface area contributed by atoms with Crippen molar-refractivity contribution in [2.75, 3.05) is 0 Å². The van der Waals surface area contributed by atoms with Crippen molar-refractivity contribution < 1.29 is 4.74 Å². The van der Waals surface area contributed by atoms with Gasteiger partial charge in [-0.1, -0.05) is 48.0 Å². The zero-order chi connectivity index (χ0) is 17.8. The van der Waals surface area contributed by atoms with Crippen LogP contribution in [0.5, 0.6) is 5.75 Å². The molecule has 0 saturated carbocycles. The zero-order valence-corrected chi connectivity index (χ0v) is 15.4. The molecule has 1 heterocycles. The molecule has 0 aliphatic heterocycles. The molecule has 0 radical (unpaired) electrons. The Kier molecular flexibility index (Phi) is 5.31. The van der Waals surface area contributed by atoms with Gasteiger partial charge in [-0.15, -0.1) is 0 Å². The fraction of sp³-hybridized carbons (Fsp3) is 0.167. The molecule has 1 aromatic heterocycles. The first-order chi connectivity index (χ1) is 12.1. The van der Waals surface area contributed by atoms with E-state index in [4.69, 9.17) is 28.6 Å². The van der Waals surface area contributed by atoms with Crippen LogP contribution in [0.15, 0.2) is 47.6 Å². The quantitative estimate of drug-likeness (QED) is 0.523. The highest BCUT2D eigenvalue weighted by Gasteiger charge is 2.09. The van der Waals surface area contributed by atoms with Crippen LogP contribution in [0.2, 0.25) is 5.02 Å². The van der Waals surface area contributed by atoms with Gasteiger partial charge in [-0.3, -0.25) is 0 Å². The Bertz CT molecular complexity index is 957. The van der Waals surface area contributed by atoms with Crippen molar-refractivity contribution in [3.63, 3.8) is 0 Å². The van der Waals surface area contributed by atoms with Gasteiger partial charge in [0, 0.05) is 10.6 Å². The second-order valence-corrected chi connectivity index (χ2v) is 6.33. The molecule has 3 aromatic rings. The molecule has 25 heavy (non-hydrogen) atoms. The van der Waals surface area contributed by atoms with Gasteiger partial charge in [0.15, 0.2) is 5.82 Å². The first kappa shape index (κ1) is 17.4. The summed E-state index contributed by atoms with van der Waals surface area (Å²) in [6.07, 6.45) is 1.65. The first-order valence-corrected chi connectivity index (χ1v) is 8.49. The minimum atomic E-state index is 0.249. The molecule has 0 bridgehead atoms. The summed E-state index contributed by atoms with van der Waals surface area (Å²) in [4.78, 5) is 0. The summed E-state index contributed by atoms with van der Waals surface area (Å²) in [6, 6.07) is 13.5. The molecule has 0 atom stereocenters. The average Bonchev–Trinajstić information content (AvgIpc) is 2.94. The minimum Gasteiger partial charge on any atom is -0.485 e. The summed E-state index contributed by atoms with van der Waals surface area (Å²) in [6.45, 7) is 4.27. The Hall–Kier alpha value is -2.44. The van der Waals surface area contributed by atoms with Crippen LogP contribution in [0.4, 0.5) is 0 Å². The molecule has 0 spiro atoms. The zero-order valence-electron chi connectivity index (χ0n) is 13.9. The van der Waals surface area contributed by atoms with Crippen LogP contribution in [0.25, 0.3) is 0 Å². The van der Waals surface area contributed by atoms with Crippen LogP contribution >= 0.6 is 23.8 Å². The summed E-state index contributed by atoms with van der Waals surface area (Å²) >= 11 is 11.4. The number of rotatable bonds is 5. The van der Waals surface area contributed by atoms with Gasteiger partial charge in [-0.25, -0.2) is 5.10 Å². The number of aromatic nitrogens is 3. The summed E-state index contributed by atoms with van der Waals surface area (Å²) < 4.78 is 7.86. The molecule has 0 fully saturated rings. The van der Waals surface area contributed by atoms with Crippen molar-refractivity contribution in [1.29, 1.82) is 0 Å². The van der Waals surface area contributed by atoms with Crippen molar-refractivity contribution in [3.05, 3.63) is 74.8 Å². The standard InChI is InChI=1S/C18H17ClN4OS/c1-12-6-5-7-13(2)17(12)24-11-16-21-22-18(25)23(16)20-10-14-8-3-4-9-15(14)19/h3-10H,11H2,1-2H3,(H,22,25)/b20-10-. The molecule has 1 N–H and O–H groups in total. The third-order valence-electron chi connectivity index (χ3n) is 3.69. The van der Waals surface area contributed by atoms with Crippen molar-refractivity contribution in [2.45, 2.75) is 20.5 Å². The maximum absolute atomic E-state index is 6.15. The molecule has 0 aliphatic carbocycles. The molecule has 7 heteroatoms. The third kappa shape index (κ3) is 3.97. The summed E-state index contributed by atoms with van der Waals surface area (Å²) in [7, 11) is 0. The number of nitrogens with zero attached hydrogens (tertiary/aromatic N) is 3. The Morgan fingerprint density at radius 2 is 1.92 bits per heavy atom. The number of aromatic amines is 1. The number of hydrogen-bond acceptors (Lipinski definition) is 4. The lowest BCUT2D eigenvalue weighted by molar-refractivity contribution is 0.287. The summed E-state index contributed by atoms with van der Waals surface area (Å²) in [5, 5.41) is 11.9. The molecule has 0 aliphatic rings. The van der Waals surface area contributed by atoms with Crippen LogP contribution in [-0.2, 0) is 6.61 Å². The molecule has 0 saturated heterocycles. The Balaban J connectivity index is 1.83. The Labute approximate surface area is 155 Å². The van der Waals surface area contributed by atoms with Gasteiger partial charge in [0.05, 0.1) is 6.21 Å². The van der Waals surface area contributed by atoms with E-state index in [1.165, 1.54) is 4.68 Å². The maximum Gasteiger partial charge on any atom is 0.216 e. The number of H-pyrrole nitrogens is 1. The van der Waals surface area contributed by atoms with E-state index in [1.807, 2.05) is 56.3 Å². The van der Waals surface area contributed by atoms with Gasteiger partial charge in [-0.05, 0) is 43.3 Å². The van der Waals surface area contributed by atoms with E-state index in [1.54, 1.807) is 6.21 Å². The molecular weight excluding hydrogens is 356 g/mol. The lowest BCUT2D eigenvalue weighted by Gasteiger charge is -2.11. The van der Waals surface area contributed by atoms with Crippen LogP contribution < -0.4 is 4.74 Å². The highest BCUT2D eigenvalue weighted by Crippen LogP contribution is 2.23. The van der Waals surface area contributed by atoms with E-state index in [9.17, 15) is 0 Å². The monoisotopic (exact) mass is 372 g/mol. The maximum atomic E-state index is 6.15. The smallest absolute Gasteiger partial charge is 0.216 e. The molecular formula is C18H17ClN4OS. The number of aryl methyl sites for hydroxylation is 2. The van der Waals surface area contributed by atoms with Gasteiger partial charge in [0.25, 0.3) is 0 Å². The van der Waals surface area contributed by atoms with Crippen molar-refractivity contribution in [1.82, 2.24) is 14.9 Å². The van der Waals surface area contributed by atoms with Crippen LogP contribution in [0.3, 0.4) is 0 Å². The number of halogens is 1. The number of ether oxygens (including phenoxy) is 1. The molecule has 5 nitrogen and oxygen atoms in total. The van der Waals surface area contributed by atoms with E-state index in [-0.39, 0.29) is 6.61 Å². The molecule has 2 aromatic carbocycles. The van der Waals surface area contributed by atoms with Gasteiger partial charge in [0.2, 0.25) is 4.77 Å². The van der Waals surface area contributed by atoms with E-state index >= 15 is 0 Å². The predicted octanol–water partition coefficient (Wildman–Crippen LogP) is 4.67. The van der Waals surface area contributed by atoms with Gasteiger partial charge < -0.3 is 4.74 Å². The molecule has 0 amide bonds. The normalized spacial score (nSPS) is 11.2. The highest BCUT2D eigenvalue weighted by molar-refractivity contribution is 7.71. The minimum absolute atomic E-state index is 0.249.